The Morgan fingerprint density at radius 3 is 2.39 bits per heavy atom. The molecule has 1 amide bonds. The highest BCUT2D eigenvalue weighted by Crippen LogP contribution is 2.29. The van der Waals surface area contributed by atoms with E-state index in [9.17, 15) is 13.6 Å². The molecule has 0 atom stereocenters. The number of carbonyl (C=O) groups is 1. The molecule has 23 heavy (non-hydrogen) atoms. The number of hydrogen-bond donors (Lipinski definition) is 2. The van der Waals surface area contributed by atoms with Crippen molar-refractivity contribution in [2.75, 3.05) is 5.43 Å². The molecule has 2 N–H and O–H groups in total. The maximum absolute atomic E-state index is 13.8. The number of carbonyl (C=O) groups excluding carboxylic acids is 1. The second kappa shape index (κ2) is 6.58. The first-order valence-corrected chi connectivity index (χ1v) is 7.62. The Morgan fingerprint density at radius 2 is 1.65 bits per heavy atom. The molecular formula is C17H12F2N2OS. The summed E-state index contributed by atoms with van der Waals surface area (Å²) < 4.78 is 26.6. The summed E-state index contributed by atoms with van der Waals surface area (Å²) in [6.07, 6.45) is 0. The largest absolute Gasteiger partial charge is 0.298 e. The van der Waals surface area contributed by atoms with Crippen LogP contribution < -0.4 is 10.9 Å². The minimum Gasteiger partial charge on any atom is -0.298 e. The SMILES string of the molecule is O=C(NNc1ccc(F)cc1)c1ccc(-c2ccccc2F)s1. The van der Waals surface area contributed by atoms with E-state index in [1.165, 1.54) is 41.7 Å². The summed E-state index contributed by atoms with van der Waals surface area (Å²) in [5, 5.41) is 0. The van der Waals surface area contributed by atoms with E-state index >= 15 is 0 Å². The summed E-state index contributed by atoms with van der Waals surface area (Å²) >= 11 is 1.19. The van der Waals surface area contributed by atoms with E-state index in [4.69, 9.17) is 0 Å². The van der Waals surface area contributed by atoms with Crippen LogP contribution in [0.2, 0.25) is 0 Å². The van der Waals surface area contributed by atoms with Crippen molar-refractivity contribution in [1.82, 2.24) is 5.43 Å². The smallest absolute Gasteiger partial charge is 0.279 e. The maximum Gasteiger partial charge on any atom is 0.279 e. The molecule has 0 saturated carbocycles. The van der Waals surface area contributed by atoms with Gasteiger partial charge in [-0.05, 0) is 42.5 Å². The lowest BCUT2D eigenvalue weighted by Crippen LogP contribution is -2.28. The average molecular weight is 330 g/mol. The standard InChI is InChI=1S/C17H12F2N2OS/c18-11-5-7-12(8-6-11)20-21-17(22)16-10-9-15(23-16)13-3-1-2-4-14(13)19/h1-10,20H,(H,21,22). The van der Waals surface area contributed by atoms with Gasteiger partial charge in [0.05, 0.1) is 10.6 Å². The van der Waals surface area contributed by atoms with Crippen LogP contribution in [0.1, 0.15) is 9.67 Å². The molecule has 1 aromatic heterocycles. The zero-order chi connectivity index (χ0) is 16.2. The molecule has 0 saturated heterocycles. The first-order valence-electron chi connectivity index (χ1n) is 6.80. The van der Waals surface area contributed by atoms with E-state index in [-0.39, 0.29) is 17.5 Å². The lowest BCUT2D eigenvalue weighted by Gasteiger charge is -2.07. The number of halogens is 2. The molecule has 3 rings (SSSR count). The third-order valence-corrected chi connectivity index (χ3v) is 4.25. The number of anilines is 1. The number of rotatable bonds is 4. The molecule has 2 aromatic carbocycles. The van der Waals surface area contributed by atoms with Crippen LogP contribution in [0, 0.1) is 11.6 Å². The highest BCUT2D eigenvalue weighted by atomic mass is 32.1. The number of benzene rings is 2. The van der Waals surface area contributed by atoms with Gasteiger partial charge in [-0.3, -0.25) is 15.6 Å². The van der Waals surface area contributed by atoms with Crippen molar-refractivity contribution >= 4 is 22.9 Å². The number of nitrogens with one attached hydrogen (secondary N) is 2. The molecule has 6 heteroatoms. The molecule has 3 aromatic rings. The van der Waals surface area contributed by atoms with Gasteiger partial charge in [0.2, 0.25) is 0 Å². The Hall–Kier alpha value is -2.73. The van der Waals surface area contributed by atoms with E-state index in [0.717, 1.165) is 0 Å². The highest BCUT2D eigenvalue weighted by molar-refractivity contribution is 7.17. The molecule has 0 aliphatic rings. The third kappa shape index (κ3) is 3.54. The van der Waals surface area contributed by atoms with E-state index in [0.29, 0.717) is 21.0 Å². The van der Waals surface area contributed by atoms with E-state index in [2.05, 4.69) is 10.9 Å². The minimum absolute atomic E-state index is 0.328. The van der Waals surface area contributed by atoms with Crippen molar-refractivity contribution < 1.29 is 13.6 Å². The quantitative estimate of drug-likeness (QED) is 0.694. The van der Waals surface area contributed by atoms with E-state index in [1.54, 1.807) is 30.3 Å². The van der Waals surface area contributed by atoms with Gasteiger partial charge >= 0.3 is 0 Å². The first kappa shape index (κ1) is 15.2. The predicted octanol–water partition coefficient (Wildman–Crippen LogP) is 4.45. The van der Waals surface area contributed by atoms with Crippen molar-refractivity contribution in [3.8, 4) is 10.4 Å². The number of hydrogen-bond acceptors (Lipinski definition) is 3. The fourth-order valence-corrected chi connectivity index (χ4v) is 2.92. The summed E-state index contributed by atoms with van der Waals surface area (Å²) in [4.78, 5) is 13.2. The van der Waals surface area contributed by atoms with Gasteiger partial charge < -0.3 is 0 Å². The zero-order valence-electron chi connectivity index (χ0n) is 11.8. The van der Waals surface area contributed by atoms with Crippen LogP contribution in [-0.4, -0.2) is 5.91 Å². The van der Waals surface area contributed by atoms with Crippen LogP contribution in [0.5, 0.6) is 0 Å². The molecular weight excluding hydrogens is 318 g/mol. The number of thiophene rings is 1. The van der Waals surface area contributed by atoms with E-state index < -0.39 is 0 Å². The van der Waals surface area contributed by atoms with Crippen LogP contribution in [-0.2, 0) is 0 Å². The molecule has 0 fully saturated rings. The van der Waals surface area contributed by atoms with Gasteiger partial charge in [0.15, 0.2) is 0 Å². The summed E-state index contributed by atoms with van der Waals surface area (Å²) in [5.41, 5.74) is 6.24. The molecule has 3 nitrogen and oxygen atoms in total. The summed E-state index contributed by atoms with van der Waals surface area (Å²) in [5.74, 6) is -1.03. The van der Waals surface area contributed by atoms with Crippen LogP contribution in [0.4, 0.5) is 14.5 Å². The highest BCUT2D eigenvalue weighted by Gasteiger charge is 2.12. The van der Waals surface area contributed by atoms with Gasteiger partial charge in [0, 0.05) is 10.4 Å². The molecule has 116 valence electrons. The normalized spacial score (nSPS) is 10.3. The monoisotopic (exact) mass is 330 g/mol. The maximum atomic E-state index is 13.8. The Kier molecular flexibility index (Phi) is 4.34. The van der Waals surface area contributed by atoms with Crippen LogP contribution in [0.25, 0.3) is 10.4 Å². The van der Waals surface area contributed by atoms with Gasteiger partial charge in [0.1, 0.15) is 11.6 Å². The van der Waals surface area contributed by atoms with Crippen molar-refractivity contribution in [3.63, 3.8) is 0 Å². The fraction of sp³-hybridized carbons (Fsp3) is 0. The molecule has 0 aliphatic heterocycles. The fourth-order valence-electron chi connectivity index (χ4n) is 1.99. The van der Waals surface area contributed by atoms with Gasteiger partial charge in [-0.25, -0.2) is 8.78 Å². The molecule has 0 bridgehead atoms. The predicted molar refractivity (Wildman–Crippen MR) is 87.2 cm³/mol. The second-order valence-corrected chi connectivity index (χ2v) is 5.81. The van der Waals surface area contributed by atoms with Crippen molar-refractivity contribution in [2.24, 2.45) is 0 Å². The van der Waals surface area contributed by atoms with Crippen molar-refractivity contribution in [3.05, 3.63) is 77.2 Å². The number of hydrazine groups is 1. The number of amides is 1. The summed E-state index contributed by atoms with van der Waals surface area (Å²) in [6.45, 7) is 0. The van der Waals surface area contributed by atoms with Gasteiger partial charge in [-0.15, -0.1) is 11.3 Å². The van der Waals surface area contributed by atoms with Gasteiger partial charge in [-0.2, -0.15) is 0 Å². The van der Waals surface area contributed by atoms with Crippen LogP contribution in [0.3, 0.4) is 0 Å². The molecule has 0 aliphatic carbocycles. The van der Waals surface area contributed by atoms with Crippen molar-refractivity contribution in [2.45, 2.75) is 0 Å². The molecule has 0 unspecified atom stereocenters. The Bertz CT molecular complexity index is 831. The van der Waals surface area contributed by atoms with Gasteiger partial charge in [0.25, 0.3) is 5.91 Å². The Labute approximate surface area is 135 Å². The molecule has 0 spiro atoms. The third-order valence-electron chi connectivity index (χ3n) is 3.13. The van der Waals surface area contributed by atoms with Crippen molar-refractivity contribution in [1.29, 1.82) is 0 Å². The minimum atomic E-state index is -0.352. The first-order chi connectivity index (χ1) is 11.1. The molecule has 0 radical (unpaired) electrons. The van der Waals surface area contributed by atoms with Gasteiger partial charge in [-0.1, -0.05) is 18.2 Å². The second-order valence-electron chi connectivity index (χ2n) is 4.73. The Morgan fingerprint density at radius 1 is 0.913 bits per heavy atom. The summed E-state index contributed by atoms with van der Waals surface area (Å²) in [6, 6.07) is 15.3. The van der Waals surface area contributed by atoms with E-state index in [1.807, 2.05) is 0 Å². The molecule has 1 heterocycles. The van der Waals surface area contributed by atoms with Crippen LogP contribution in [0.15, 0.2) is 60.7 Å². The topological polar surface area (TPSA) is 41.1 Å². The Balaban J connectivity index is 1.69. The lowest BCUT2D eigenvalue weighted by molar-refractivity contribution is 0.0966. The lowest BCUT2D eigenvalue weighted by atomic mass is 10.2. The average Bonchev–Trinajstić information content (AvgIpc) is 3.04. The van der Waals surface area contributed by atoms with Crippen LogP contribution >= 0.6 is 11.3 Å². The summed E-state index contributed by atoms with van der Waals surface area (Å²) in [7, 11) is 0. The zero-order valence-corrected chi connectivity index (χ0v) is 12.7.